The van der Waals surface area contributed by atoms with Crippen LogP contribution in [0.15, 0.2) is 18.2 Å². The molecule has 0 aliphatic rings. The highest BCUT2D eigenvalue weighted by molar-refractivity contribution is 6.54. The van der Waals surface area contributed by atoms with Crippen molar-refractivity contribution in [1.82, 2.24) is 0 Å². The highest BCUT2D eigenvalue weighted by Crippen LogP contribution is 2.02. The SMILES string of the molecule is C#CC[Si]c1cccc(C)c1C. The summed E-state index contributed by atoms with van der Waals surface area (Å²) in [4.78, 5) is 0. The van der Waals surface area contributed by atoms with Crippen molar-refractivity contribution in [3.05, 3.63) is 29.3 Å². The topological polar surface area (TPSA) is 0 Å². The fourth-order valence-electron chi connectivity index (χ4n) is 1.09. The predicted octanol–water partition coefficient (Wildman–Crippen LogP) is 1.68. The lowest BCUT2D eigenvalue weighted by Crippen LogP contribution is -2.17. The normalized spacial score (nSPS) is 9.42. The third kappa shape index (κ3) is 1.99. The first-order valence-corrected chi connectivity index (χ1v) is 5.20. The summed E-state index contributed by atoms with van der Waals surface area (Å²) in [6.45, 7) is 4.30. The van der Waals surface area contributed by atoms with Crippen molar-refractivity contribution in [3.63, 3.8) is 0 Å². The summed E-state index contributed by atoms with van der Waals surface area (Å²) in [5, 5.41) is 1.41. The number of hydrogen-bond donors (Lipinski definition) is 0. The van der Waals surface area contributed by atoms with E-state index in [1.54, 1.807) is 0 Å². The second-order valence-corrected chi connectivity index (χ2v) is 4.05. The van der Waals surface area contributed by atoms with E-state index < -0.39 is 0 Å². The van der Waals surface area contributed by atoms with Crippen LogP contribution in [0.4, 0.5) is 0 Å². The van der Waals surface area contributed by atoms with Crippen molar-refractivity contribution in [2.45, 2.75) is 19.9 Å². The van der Waals surface area contributed by atoms with E-state index >= 15 is 0 Å². The summed E-state index contributed by atoms with van der Waals surface area (Å²) in [6, 6.07) is 7.27. The Labute approximate surface area is 76.8 Å². The summed E-state index contributed by atoms with van der Waals surface area (Å²) in [7, 11) is 0.764. The lowest BCUT2D eigenvalue weighted by Gasteiger charge is -2.05. The smallest absolute Gasteiger partial charge is 0.0952 e. The maximum Gasteiger partial charge on any atom is 0.0952 e. The van der Waals surface area contributed by atoms with Gasteiger partial charge in [-0.05, 0) is 25.0 Å². The van der Waals surface area contributed by atoms with Crippen molar-refractivity contribution in [2.24, 2.45) is 0 Å². The molecule has 0 unspecified atom stereocenters. The Bertz CT molecular complexity index is 307. The van der Waals surface area contributed by atoms with Crippen LogP contribution in [0.1, 0.15) is 11.1 Å². The monoisotopic (exact) mass is 172 g/mol. The van der Waals surface area contributed by atoms with Gasteiger partial charge in [-0.15, -0.1) is 12.3 Å². The van der Waals surface area contributed by atoms with Gasteiger partial charge in [-0.3, -0.25) is 0 Å². The van der Waals surface area contributed by atoms with E-state index in [9.17, 15) is 0 Å². The molecule has 0 nitrogen and oxygen atoms in total. The van der Waals surface area contributed by atoms with E-state index in [0.717, 1.165) is 15.6 Å². The second kappa shape index (κ2) is 4.13. The molecule has 1 heteroatoms. The summed E-state index contributed by atoms with van der Waals surface area (Å²) >= 11 is 0. The molecule has 0 fully saturated rings. The molecular weight excluding hydrogens is 160 g/mol. The molecule has 1 aromatic carbocycles. The third-order valence-corrected chi connectivity index (χ3v) is 3.29. The quantitative estimate of drug-likeness (QED) is 0.470. The van der Waals surface area contributed by atoms with E-state index in [-0.39, 0.29) is 0 Å². The average molecular weight is 172 g/mol. The molecule has 0 aliphatic heterocycles. The summed E-state index contributed by atoms with van der Waals surface area (Å²) in [6.07, 6.45) is 5.22. The molecule has 2 radical (unpaired) electrons. The van der Waals surface area contributed by atoms with Crippen LogP contribution in [0.3, 0.4) is 0 Å². The minimum Gasteiger partial charge on any atom is -0.120 e. The van der Waals surface area contributed by atoms with E-state index in [4.69, 9.17) is 6.42 Å². The molecule has 0 bridgehead atoms. The standard InChI is InChI=1S/C11H12Si/c1-4-8-12-11-7-5-6-9(2)10(11)3/h1,5-7H,8H2,2-3H3. The molecule has 0 saturated carbocycles. The zero-order valence-corrected chi connectivity index (χ0v) is 8.52. The zero-order chi connectivity index (χ0) is 8.97. The van der Waals surface area contributed by atoms with Crippen LogP contribution in [0.5, 0.6) is 0 Å². The van der Waals surface area contributed by atoms with Crippen LogP contribution in [0.2, 0.25) is 6.04 Å². The highest BCUT2D eigenvalue weighted by Gasteiger charge is 1.99. The lowest BCUT2D eigenvalue weighted by molar-refractivity contribution is 1.36. The van der Waals surface area contributed by atoms with Gasteiger partial charge < -0.3 is 0 Å². The summed E-state index contributed by atoms with van der Waals surface area (Å²) in [5.74, 6) is 2.68. The van der Waals surface area contributed by atoms with Gasteiger partial charge >= 0.3 is 0 Å². The Kier molecular flexibility index (Phi) is 3.13. The van der Waals surface area contributed by atoms with Crippen molar-refractivity contribution in [3.8, 4) is 12.3 Å². The molecule has 0 spiro atoms. The molecule has 0 aliphatic carbocycles. The van der Waals surface area contributed by atoms with E-state index in [2.05, 4.69) is 38.0 Å². The molecule has 1 aromatic rings. The van der Waals surface area contributed by atoms with Gasteiger partial charge in [0.1, 0.15) is 0 Å². The van der Waals surface area contributed by atoms with Gasteiger partial charge in [0.2, 0.25) is 0 Å². The molecule has 0 atom stereocenters. The number of aryl methyl sites for hydroxylation is 1. The van der Waals surface area contributed by atoms with Crippen LogP contribution in [-0.2, 0) is 0 Å². The Morgan fingerprint density at radius 3 is 2.83 bits per heavy atom. The molecule has 0 N–H and O–H groups in total. The number of terminal acetylenes is 1. The summed E-state index contributed by atoms with van der Waals surface area (Å²) < 4.78 is 0. The van der Waals surface area contributed by atoms with Gasteiger partial charge in [0.25, 0.3) is 0 Å². The van der Waals surface area contributed by atoms with Gasteiger partial charge in [0.15, 0.2) is 0 Å². The van der Waals surface area contributed by atoms with E-state index in [0.29, 0.717) is 0 Å². The van der Waals surface area contributed by atoms with Crippen molar-refractivity contribution in [2.75, 3.05) is 0 Å². The average Bonchev–Trinajstić information content (AvgIpc) is 2.08. The number of benzene rings is 1. The number of rotatable bonds is 2. The largest absolute Gasteiger partial charge is 0.120 e. The first-order valence-electron chi connectivity index (χ1n) is 3.99. The Hall–Kier alpha value is -1.00. The maximum absolute atomic E-state index is 5.22. The van der Waals surface area contributed by atoms with E-state index in [1.165, 1.54) is 16.3 Å². The predicted molar refractivity (Wildman–Crippen MR) is 54.9 cm³/mol. The lowest BCUT2D eigenvalue weighted by atomic mass is 10.1. The number of hydrogen-bond acceptors (Lipinski definition) is 0. The first kappa shape index (κ1) is 9.09. The minimum atomic E-state index is 0.764. The molecule has 12 heavy (non-hydrogen) atoms. The van der Waals surface area contributed by atoms with Crippen LogP contribution < -0.4 is 5.19 Å². The van der Waals surface area contributed by atoms with Crippen molar-refractivity contribution < 1.29 is 0 Å². The Balaban J connectivity index is 2.86. The van der Waals surface area contributed by atoms with Gasteiger partial charge in [0.05, 0.1) is 9.52 Å². The molecule has 0 heterocycles. The third-order valence-electron chi connectivity index (χ3n) is 1.99. The van der Waals surface area contributed by atoms with Crippen LogP contribution >= 0.6 is 0 Å². The van der Waals surface area contributed by atoms with E-state index in [1.807, 2.05) is 0 Å². The fourth-order valence-corrected chi connectivity index (χ4v) is 2.06. The molecule has 60 valence electrons. The Morgan fingerprint density at radius 1 is 1.42 bits per heavy atom. The van der Waals surface area contributed by atoms with Crippen LogP contribution in [0.25, 0.3) is 0 Å². The Morgan fingerprint density at radius 2 is 2.17 bits per heavy atom. The van der Waals surface area contributed by atoms with Crippen LogP contribution in [-0.4, -0.2) is 9.52 Å². The second-order valence-electron chi connectivity index (χ2n) is 2.81. The highest BCUT2D eigenvalue weighted by atomic mass is 28.2. The molecule has 0 aromatic heterocycles. The molecular formula is C11H12Si. The molecule has 0 amide bonds. The van der Waals surface area contributed by atoms with Gasteiger partial charge in [0, 0.05) is 6.04 Å². The van der Waals surface area contributed by atoms with Gasteiger partial charge in [-0.25, -0.2) is 0 Å². The zero-order valence-electron chi connectivity index (χ0n) is 7.52. The first-order chi connectivity index (χ1) is 5.75. The van der Waals surface area contributed by atoms with Crippen molar-refractivity contribution in [1.29, 1.82) is 0 Å². The maximum atomic E-state index is 5.22. The minimum absolute atomic E-state index is 0.764. The summed E-state index contributed by atoms with van der Waals surface area (Å²) in [5.41, 5.74) is 2.75. The van der Waals surface area contributed by atoms with Crippen molar-refractivity contribution >= 4 is 14.7 Å². The van der Waals surface area contributed by atoms with Gasteiger partial charge in [-0.2, -0.15) is 0 Å². The molecule has 1 rings (SSSR count). The van der Waals surface area contributed by atoms with Crippen LogP contribution in [0, 0.1) is 26.2 Å². The fraction of sp³-hybridized carbons (Fsp3) is 0.273. The molecule has 0 saturated heterocycles. The van der Waals surface area contributed by atoms with Gasteiger partial charge in [-0.1, -0.05) is 23.4 Å².